The van der Waals surface area contributed by atoms with E-state index in [0.717, 1.165) is 9.13 Å². The number of nitrogens with two attached hydrogens (primary N) is 1. The number of nitrogen functional groups attached to an aromatic ring is 1. The van der Waals surface area contributed by atoms with Crippen LogP contribution in [0.4, 0.5) is 11.6 Å². The van der Waals surface area contributed by atoms with Crippen LogP contribution in [0.3, 0.4) is 0 Å². The molecule has 3 rings (SSSR count). The molecular formula is C15H17N7O6. The number of ether oxygens (including phenoxy) is 1. The smallest absolute Gasteiger partial charge is 0.329 e. The van der Waals surface area contributed by atoms with Gasteiger partial charge in [-0.3, -0.25) is 34.5 Å². The lowest BCUT2D eigenvalue weighted by atomic mass is 10.3. The highest BCUT2D eigenvalue weighted by Crippen LogP contribution is 2.22. The number of aromatic amines is 1. The zero-order chi connectivity index (χ0) is 20.4. The third kappa shape index (κ3) is 3.43. The van der Waals surface area contributed by atoms with E-state index >= 15 is 0 Å². The highest BCUT2D eigenvalue weighted by atomic mass is 16.6. The number of nitro groups is 1. The molecule has 0 aliphatic heterocycles. The molecule has 148 valence electrons. The zero-order valence-corrected chi connectivity index (χ0v) is 14.7. The quantitative estimate of drug-likeness (QED) is 0.236. The number of anilines is 1. The van der Waals surface area contributed by atoms with Crippen LogP contribution in [0.5, 0.6) is 5.75 Å². The van der Waals surface area contributed by atoms with Gasteiger partial charge in [-0.05, 0) is 12.1 Å². The van der Waals surface area contributed by atoms with Crippen LogP contribution >= 0.6 is 0 Å². The van der Waals surface area contributed by atoms with Crippen LogP contribution in [0.15, 0.2) is 33.9 Å². The van der Waals surface area contributed by atoms with E-state index in [4.69, 9.17) is 10.6 Å². The molecular weight excluding hydrogens is 374 g/mol. The number of hydrogen-bond donors (Lipinski definition) is 4. The Bertz CT molecular complexity index is 1130. The first-order chi connectivity index (χ1) is 13.3. The summed E-state index contributed by atoms with van der Waals surface area (Å²) in [6, 6.07) is 5.46. The van der Waals surface area contributed by atoms with E-state index in [1.165, 1.54) is 31.3 Å². The molecule has 0 saturated carbocycles. The number of fused-ring (bicyclic) bond motifs is 1. The van der Waals surface area contributed by atoms with Crippen molar-refractivity contribution in [1.82, 2.24) is 19.1 Å². The number of imidazole rings is 1. The molecule has 0 fully saturated rings. The molecule has 2 aromatic heterocycles. The second-order valence-electron chi connectivity index (χ2n) is 5.81. The van der Waals surface area contributed by atoms with Gasteiger partial charge in [0, 0.05) is 25.6 Å². The van der Waals surface area contributed by atoms with Crippen molar-refractivity contribution in [2.24, 2.45) is 12.9 Å². The summed E-state index contributed by atoms with van der Waals surface area (Å²) in [6.07, 6.45) is -1.20. The molecule has 28 heavy (non-hydrogen) atoms. The van der Waals surface area contributed by atoms with Crippen LogP contribution in [-0.4, -0.2) is 35.7 Å². The molecule has 2 heterocycles. The van der Waals surface area contributed by atoms with E-state index in [9.17, 15) is 24.8 Å². The Morgan fingerprint density at radius 2 is 2.07 bits per heavy atom. The lowest BCUT2D eigenvalue weighted by Gasteiger charge is -2.16. The Morgan fingerprint density at radius 3 is 2.68 bits per heavy atom. The maximum Gasteiger partial charge on any atom is 0.329 e. The summed E-state index contributed by atoms with van der Waals surface area (Å²) >= 11 is 0. The zero-order valence-electron chi connectivity index (χ0n) is 14.7. The van der Waals surface area contributed by atoms with Gasteiger partial charge < -0.3 is 9.84 Å². The number of aryl methyl sites for hydroxylation is 1. The molecule has 0 radical (unpaired) electrons. The monoisotopic (exact) mass is 391 g/mol. The van der Waals surface area contributed by atoms with Gasteiger partial charge >= 0.3 is 5.69 Å². The maximum atomic E-state index is 12.2. The molecule has 0 aliphatic carbocycles. The van der Waals surface area contributed by atoms with Crippen molar-refractivity contribution in [1.29, 1.82) is 0 Å². The van der Waals surface area contributed by atoms with Gasteiger partial charge in [-0.1, -0.05) is 0 Å². The molecule has 0 saturated heterocycles. The number of aliphatic hydroxyl groups is 1. The number of rotatable bonds is 7. The van der Waals surface area contributed by atoms with Gasteiger partial charge in [-0.15, -0.1) is 0 Å². The molecule has 1 atom stereocenters. The summed E-state index contributed by atoms with van der Waals surface area (Å²) < 4.78 is 7.74. The fraction of sp³-hybridized carbons (Fsp3) is 0.267. The largest absolute Gasteiger partial charge is 0.493 e. The number of nitrogens with zero attached hydrogens (tertiary/aromatic N) is 4. The van der Waals surface area contributed by atoms with E-state index < -0.39 is 22.4 Å². The molecule has 3 aromatic rings. The third-order valence-corrected chi connectivity index (χ3v) is 4.07. The molecule has 0 bridgehead atoms. The summed E-state index contributed by atoms with van der Waals surface area (Å²) in [7, 11) is 1.42. The normalized spacial score (nSPS) is 12.1. The van der Waals surface area contributed by atoms with Gasteiger partial charge in [0.05, 0.1) is 11.5 Å². The highest BCUT2D eigenvalue weighted by molar-refractivity contribution is 5.74. The maximum absolute atomic E-state index is 12.2. The van der Waals surface area contributed by atoms with Crippen LogP contribution in [0.1, 0.15) is 12.6 Å². The SMILES string of the molecule is Cn1c(=O)[nH]c(=O)c2c1nc(NN)n2C(O)CCOc1ccc([N+](=O)[O-])cc1. The van der Waals surface area contributed by atoms with Crippen LogP contribution in [0.2, 0.25) is 0 Å². The predicted molar refractivity (Wildman–Crippen MR) is 97.9 cm³/mol. The second-order valence-corrected chi connectivity index (χ2v) is 5.81. The van der Waals surface area contributed by atoms with Crippen molar-refractivity contribution in [3.63, 3.8) is 0 Å². The Morgan fingerprint density at radius 1 is 1.39 bits per heavy atom. The van der Waals surface area contributed by atoms with Crippen molar-refractivity contribution in [3.8, 4) is 5.75 Å². The summed E-state index contributed by atoms with van der Waals surface area (Å²) in [5.41, 5.74) is 0.867. The minimum atomic E-state index is -1.24. The second kappa shape index (κ2) is 7.50. The number of nitrogens with one attached hydrogen (secondary N) is 2. The lowest BCUT2D eigenvalue weighted by molar-refractivity contribution is -0.384. The number of H-pyrrole nitrogens is 1. The number of nitro benzene ring substituents is 1. The summed E-state index contributed by atoms with van der Waals surface area (Å²) in [5.74, 6) is 5.79. The summed E-state index contributed by atoms with van der Waals surface area (Å²) in [5, 5.41) is 21.2. The van der Waals surface area contributed by atoms with Crippen LogP contribution < -0.4 is 27.3 Å². The molecule has 0 amide bonds. The molecule has 1 aromatic carbocycles. The van der Waals surface area contributed by atoms with Crippen molar-refractivity contribution < 1.29 is 14.8 Å². The Labute approximate surface area is 156 Å². The molecule has 13 nitrogen and oxygen atoms in total. The van der Waals surface area contributed by atoms with Gasteiger partial charge in [0.15, 0.2) is 11.2 Å². The van der Waals surface area contributed by atoms with Gasteiger partial charge in [0.2, 0.25) is 5.95 Å². The summed E-state index contributed by atoms with van der Waals surface area (Å²) in [4.78, 5) is 40.2. The fourth-order valence-electron chi connectivity index (χ4n) is 2.67. The predicted octanol–water partition coefficient (Wildman–Crippen LogP) is -0.423. The highest BCUT2D eigenvalue weighted by Gasteiger charge is 2.21. The number of aliphatic hydroxyl groups excluding tert-OH is 1. The number of hydrogen-bond acceptors (Lipinski definition) is 9. The minimum absolute atomic E-state index is 0.00969. The van der Waals surface area contributed by atoms with Crippen LogP contribution in [0, 0.1) is 10.1 Å². The van der Waals surface area contributed by atoms with Gasteiger partial charge in [0.25, 0.3) is 11.2 Å². The van der Waals surface area contributed by atoms with Crippen molar-refractivity contribution in [2.75, 3.05) is 12.0 Å². The van der Waals surface area contributed by atoms with Crippen molar-refractivity contribution in [3.05, 3.63) is 55.2 Å². The van der Waals surface area contributed by atoms with Crippen molar-refractivity contribution >= 4 is 22.8 Å². The Hall–Kier alpha value is -3.71. The molecule has 0 spiro atoms. The third-order valence-electron chi connectivity index (χ3n) is 4.07. The molecule has 5 N–H and O–H groups in total. The average Bonchev–Trinajstić information content (AvgIpc) is 3.07. The number of hydrazine groups is 1. The van der Waals surface area contributed by atoms with Crippen LogP contribution in [0.25, 0.3) is 11.2 Å². The van der Waals surface area contributed by atoms with E-state index in [-0.39, 0.29) is 35.8 Å². The average molecular weight is 391 g/mol. The number of non-ortho nitro benzene ring substituents is 1. The summed E-state index contributed by atoms with van der Waals surface area (Å²) in [6.45, 7) is 0.0341. The number of aromatic nitrogens is 4. The minimum Gasteiger partial charge on any atom is -0.493 e. The van der Waals surface area contributed by atoms with E-state index in [1.807, 2.05) is 0 Å². The van der Waals surface area contributed by atoms with Crippen molar-refractivity contribution in [2.45, 2.75) is 12.6 Å². The van der Waals surface area contributed by atoms with E-state index in [1.54, 1.807) is 0 Å². The topological polar surface area (TPSA) is 183 Å². The Kier molecular flexibility index (Phi) is 5.10. The first kappa shape index (κ1) is 19.1. The Balaban J connectivity index is 1.80. The molecule has 1 unspecified atom stereocenters. The first-order valence-corrected chi connectivity index (χ1v) is 8.06. The van der Waals surface area contributed by atoms with Crippen LogP contribution in [-0.2, 0) is 7.05 Å². The van der Waals surface area contributed by atoms with E-state index in [2.05, 4.69) is 15.4 Å². The van der Waals surface area contributed by atoms with Gasteiger partial charge in [-0.2, -0.15) is 4.98 Å². The first-order valence-electron chi connectivity index (χ1n) is 8.06. The van der Waals surface area contributed by atoms with E-state index in [0.29, 0.717) is 5.75 Å². The van der Waals surface area contributed by atoms with Gasteiger partial charge in [-0.25, -0.2) is 10.6 Å². The molecule has 0 aliphatic rings. The number of benzene rings is 1. The fourth-order valence-corrected chi connectivity index (χ4v) is 2.67. The van der Waals surface area contributed by atoms with Gasteiger partial charge in [0.1, 0.15) is 12.0 Å². The molecule has 13 heteroatoms. The standard InChI is InChI=1S/C15H17N7O6/c1-20-12-11(13(24)18-15(20)25)21(14(17-12)19-16)10(23)6-7-28-9-4-2-8(3-5-9)22(26)27/h2-5,10,23H,6-7,16H2,1H3,(H,17,19)(H,18,24,25). The lowest BCUT2D eigenvalue weighted by Crippen LogP contribution is -2.30.